The molecule has 0 spiro atoms. The zero-order valence-corrected chi connectivity index (χ0v) is 13.0. The van der Waals surface area contributed by atoms with Gasteiger partial charge in [-0.1, -0.05) is 42.0 Å². The van der Waals surface area contributed by atoms with Crippen molar-refractivity contribution in [3.63, 3.8) is 0 Å². The van der Waals surface area contributed by atoms with E-state index < -0.39 is 11.2 Å². The van der Waals surface area contributed by atoms with Crippen LogP contribution >= 0.6 is 0 Å². The second-order valence-electron chi connectivity index (χ2n) is 5.48. The quantitative estimate of drug-likeness (QED) is 0.780. The fourth-order valence-electron chi connectivity index (χ4n) is 2.12. The maximum absolute atomic E-state index is 12.1. The van der Waals surface area contributed by atoms with Crippen molar-refractivity contribution in [1.82, 2.24) is 14.9 Å². The number of carbonyl (C=O) groups excluding carboxylic acids is 1. The lowest BCUT2D eigenvalue weighted by atomic mass is 9.98. The van der Waals surface area contributed by atoms with Gasteiger partial charge in [0, 0.05) is 6.42 Å². The molecule has 0 aliphatic rings. The maximum atomic E-state index is 12.1. The molecule has 0 fully saturated rings. The Labute approximate surface area is 133 Å². The number of rotatable bonds is 7. The molecule has 0 saturated carbocycles. The molecule has 0 atom stereocenters. The molecule has 7 nitrogen and oxygen atoms in total. The fourth-order valence-corrected chi connectivity index (χ4v) is 2.12. The number of carbonyl (C=O) groups is 1. The van der Waals surface area contributed by atoms with E-state index in [9.17, 15) is 9.59 Å². The summed E-state index contributed by atoms with van der Waals surface area (Å²) in [7, 11) is 0. The van der Waals surface area contributed by atoms with Gasteiger partial charge >= 0.3 is 11.6 Å². The Morgan fingerprint density at radius 3 is 2.61 bits per heavy atom. The Balaban J connectivity index is 2.31. The zero-order valence-electron chi connectivity index (χ0n) is 13.0. The number of nitrogens with zero attached hydrogens (tertiary/aromatic N) is 3. The summed E-state index contributed by atoms with van der Waals surface area (Å²) in [5.74, 6) is 0. The van der Waals surface area contributed by atoms with E-state index in [0.717, 1.165) is 10.2 Å². The van der Waals surface area contributed by atoms with Crippen LogP contribution in [-0.4, -0.2) is 26.9 Å². The van der Waals surface area contributed by atoms with E-state index in [1.54, 1.807) is 0 Å². The van der Waals surface area contributed by atoms with Gasteiger partial charge < -0.3 is 4.74 Å². The summed E-state index contributed by atoms with van der Waals surface area (Å²) in [6, 6.07) is 9.68. The lowest BCUT2D eigenvalue weighted by Gasteiger charge is -2.26. The van der Waals surface area contributed by atoms with Crippen LogP contribution in [0.2, 0.25) is 0 Å². The lowest BCUT2D eigenvalue weighted by Crippen LogP contribution is -2.38. The van der Waals surface area contributed by atoms with Gasteiger partial charge in [-0.2, -0.15) is 4.68 Å². The Bertz CT molecular complexity index is 754. The van der Waals surface area contributed by atoms with E-state index in [1.807, 2.05) is 44.2 Å². The van der Waals surface area contributed by atoms with Gasteiger partial charge in [0.15, 0.2) is 5.69 Å². The third-order valence-corrected chi connectivity index (χ3v) is 3.07. The van der Waals surface area contributed by atoms with Gasteiger partial charge in [0.05, 0.1) is 0 Å². The summed E-state index contributed by atoms with van der Waals surface area (Å²) in [6.07, 6.45) is 2.22. The van der Waals surface area contributed by atoms with Gasteiger partial charge in [0.1, 0.15) is 5.60 Å². The molecule has 0 aliphatic carbocycles. The highest BCUT2D eigenvalue weighted by atomic mass is 16.5. The Morgan fingerprint density at radius 1 is 1.30 bits per heavy atom. The van der Waals surface area contributed by atoms with Crippen molar-refractivity contribution < 1.29 is 9.53 Å². The molecular formula is C16H18N4O3. The zero-order chi connectivity index (χ0) is 16.9. The highest BCUT2D eigenvalue weighted by molar-refractivity contribution is 5.57. The van der Waals surface area contributed by atoms with Crippen molar-refractivity contribution in [2.45, 2.75) is 25.9 Å². The molecule has 0 unspecified atom stereocenters. The molecule has 1 amide bonds. The second-order valence-corrected chi connectivity index (χ2v) is 5.48. The number of amides is 1. The van der Waals surface area contributed by atoms with Gasteiger partial charge in [-0.25, -0.2) is 0 Å². The van der Waals surface area contributed by atoms with Gasteiger partial charge in [0.2, 0.25) is 6.41 Å². The minimum Gasteiger partial charge on any atom is -0.456 e. The van der Waals surface area contributed by atoms with Gasteiger partial charge in [0.25, 0.3) is 0 Å². The van der Waals surface area contributed by atoms with Crippen molar-refractivity contribution in [3.05, 3.63) is 58.5 Å². The highest BCUT2D eigenvalue weighted by Gasteiger charge is 2.24. The average Bonchev–Trinajstić information content (AvgIpc) is 2.51. The van der Waals surface area contributed by atoms with Gasteiger partial charge in [-0.3, -0.25) is 15.0 Å². The van der Waals surface area contributed by atoms with E-state index in [-0.39, 0.29) is 11.7 Å². The van der Waals surface area contributed by atoms with E-state index in [0.29, 0.717) is 12.8 Å². The molecule has 23 heavy (non-hydrogen) atoms. The molecule has 1 aromatic heterocycles. The average molecular weight is 314 g/mol. The standard InChI is InChI=1S/C16H18N4O3/c1-4-13-14(22)20(17-11-21)15(19-18-13)23-16(2,3)10-12-8-6-5-7-9-12/h4-9,11H,1,10H2,2-3H3,(H,17,21). The van der Waals surface area contributed by atoms with E-state index in [4.69, 9.17) is 4.74 Å². The number of nitrogens with one attached hydrogen (secondary N) is 1. The Kier molecular flexibility index (Phi) is 4.90. The molecule has 0 saturated heterocycles. The summed E-state index contributed by atoms with van der Waals surface area (Å²) in [4.78, 5) is 22.9. The summed E-state index contributed by atoms with van der Waals surface area (Å²) in [5.41, 5.74) is 2.12. The van der Waals surface area contributed by atoms with Crippen LogP contribution in [0.3, 0.4) is 0 Å². The lowest BCUT2D eigenvalue weighted by molar-refractivity contribution is -0.106. The number of aromatic nitrogens is 3. The van der Waals surface area contributed by atoms with Crippen molar-refractivity contribution in [2.24, 2.45) is 0 Å². The summed E-state index contributed by atoms with van der Waals surface area (Å²) < 4.78 is 6.71. The number of hydrogen-bond donors (Lipinski definition) is 1. The van der Waals surface area contributed by atoms with Crippen molar-refractivity contribution in [1.29, 1.82) is 0 Å². The van der Waals surface area contributed by atoms with Crippen LogP contribution in [0.5, 0.6) is 6.01 Å². The molecule has 0 radical (unpaired) electrons. The molecule has 1 aromatic carbocycles. The summed E-state index contributed by atoms with van der Waals surface area (Å²) in [6.45, 7) is 7.20. The molecule has 1 heterocycles. The van der Waals surface area contributed by atoms with Crippen molar-refractivity contribution in [2.75, 3.05) is 5.43 Å². The van der Waals surface area contributed by atoms with E-state index in [2.05, 4.69) is 22.2 Å². The molecule has 120 valence electrons. The fraction of sp³-hybridized carbons (Fsp3) is 0.250. The minimum absolute atomic E-state index is 0.0209. The van der Waals surface area contributed by atoms with Crippen LogP contribution in [0.25, 0.3) is 6.08 Å². The predicted molar refractivity (Wildman–Crippen MR) is 86.7 cm³/mol. The van der Waals surface area contributed by atoms with E-state index in [1.165, 1.54) is 6.08 Å². The first kappa shape index (κ1) is 16.4. The first-order chi connectivity index (χ1) is 11.0. The SMILES string of the molecule is C=Cc1nnc(OC(C)(C)Cc2ccccc2)n(NC=O)c1=O. The first-order valence-electron chi connectivity index (χ1n) is 7.02. The summed E-state index contributed by atoms with van der Waals surface area (Å²) in [5, 5.41) is 7.60. The molecule has 2 aromatic rings. The van der Waals surface area contributed by atoms with Crippen LogP contribution in [-0.2, 0) is 11.2 Å². The monoisotopic (exact) mass is 314 g/mol. The van der Waals surface area contributed by atoms with E-state index >= 15 is 0 Å². The molecular weight excluding hydrogens is 296 g/mol. The van der Waals surface area contributed by atoms with Crippen LogP contribution < -0.4 is 15.7 Å². The molecule has 1 N–H and O–H groups in total. The Morgan fingerprint density at radius 2 is 2.00 bits per heavy atom. The van der Waals surface area contributed by atoms with Gasteiger partial charge in [-0.15, -0.1) is 5.10 Å². The maximum Gasteiger partial charge on any atom is 0.339 e. The van der Waals surface area contributed by atoms with Crippen LogP contribution in [0.15, 0.2) is 41.7 Å². The minimum atomic E-state index is -0.662. The third-order valence-electron chi connectivity index (χ3n) is 3.07. The van der Waals surface area contributed by atoms with Crippen LogP contribution in [0, 0.1) is 0 Å². The molecule has 0 aliphatic heterocycles. The predicted octanol–water partition coefficient (Wildman–Crippen LogP) is 1.38. The van der Waals surface area contributed by atoms with Crippen molar-refractivity contribution in [3.8, 4) is 6.01 Å². The number of benzene rings is 1. The van der Waals surface area contributed by atoms with Crippen LogP contribution in [0.1, 0.15) is 25.1 Å². The number of ether oxygens (including phenoxy) is 1. The smallest absolute Gasteiger partial charge is 0.339 e. The molecule has 7 heteroatoms. The molecule has 0 bridgehead atoms. The Hall–Kier alpha value is -2.96. The first-order valence-corrected chi connectivity index (χ1v) is 7.02. The van der Waals surface area contributed by atoms with Crippen molar-refractivity contribution >= 4 is 12.5 Å². The normalized spacial score (nSPS) is 10.9. The van der Waals surface area contributed by atoms with Crippen LogP contribution in [0.4, 0.5) is 0 Å². The topological polar surface area (TPSA) is 86.1 Å². The second kappa shape index (κ2) is 6.87. The van der Waals surface area contributed by atoms with Gasteiger partial charge in [-0.05, 0) is 25.5 Å². The largest absolute Gasteiger partial charge is 0.456 e. The third kappa shape index (κ3) is 4.03. The molecule has 2 rings (SSSR count). The highest BCUT2D eigenvalue weighted by Crippen LogP contribution is 2.19. The number of hydrogen-bond acceptors (Lipinski definition) is 5. The summed E-state index contributed by atoms with van der Waals surface area (Å²) >= 11 is 0.